The number of nitrogens with one attached hydrogen (secondary N) is 1. The largest absolute Gasteiger partial charge is 0.506 e. The monoisotopic (exact) mass is 496 g/mol. The van der Waals surface area contributed by atoms with Gasteiger partial charge in [0.15, 0.2) is 5.84 Å². The number of rotatable bonds is 8. The van der Waals surface area contributed by atoms with Crippen molar-refractivity contribution in [1.82, 2.24) is 9.47 Å². The van der Waals surface area contributed by atoms with Crippen LogP contribution in [0.2, 0.25) is 0 Å². The van der Waals surface area contributed by atoms with Crippen molar-refractivity contribution in [2.24, 2.45) is 10.3 Å². The van der Waals surface area contributed by atoms with E-state index in [1.54, 1.807) is 41.0 Å². The molecule has 10 heteroatoms. The highest BCUT2D eigenvalue weighted by atomic mass is 32.2. The van der Waals surface area contributed by atoms with E-state index in [-0.39, 0.29) is 22.0 Å². The fourth-order valence-electron chi connectivity index (χ4n) is 4.23. The van der Waals surface area contributed by atoms with Crippen LogP contribution in [-0.4, -0.2) is 56.1 Å². The Bertz CT molecular complexity index is 1490. The molecular formula is C25H28N4O5S. The Morgan fingerprint density at radius 1 is 1.20 bits per heavy atom. The zero-order valence-electron chi connectivity index (χ0n) is 19.7. The summed E-state index contributed by atoms with van der Waals surface area (Å²) >= 11 is 0. The average Bonchev–Trinajstić information content (AvgIpc) is 3.63. The number of anilines is 1. The van der Waals surface area contributed by atoms with Crippen molar-refractivity contribution in [2.45, 2.75) is 30.7 Å². The van der Waals surface area contributed by atoms with E-state index >= 15 is 0 Å². The van der Waals surface area contributed by atoms with Gasteiger partial charge in [-0.05, 0) is 56.8 Å². The second-order valence-electron chi connectivity index (χ2n) is 9.28. The molecule has 2 aromatic carbocycles. The molecule has 0 spiro atoms. The van der Waals surface area contributed by atoms with Gasteiger partial charge in [-0.25, -0.2) is 0 Å². The molecule has 35 heavy (non-hydrogen) atoms. The van der Waals surface area contributed by atoms with E-state index in [4.69, 9.17) is 4.74 Å². The normalized spacial score (nSPS) is 16.6. The number of para-hydroxylation sites is 1. The second-order valence-corrected chi connectivity index (χ2v) is 10.9. The number of pyridine rings is 1. The van der Waals surface area contributed by atoms with Crippen molar-refractivity contribution in [3.8, 4) is 11.5 Å². The zero-order valence-corrected chi connectivity index (χ0v) is 20.5. The third kappa shape index (κ3) is 4.63. The Morgan fingerprint density at radius 2 is 1.97 bits per heavy atom. The molecule has 0 bridgehead atoms. The first kappa shape index (κ1) is 23.4. The number of ether oxygens (including phenoxy) is 1. The van der Waals surface area contributed by atoms with Crippen LogP contribution in [0.1, 0.15) is 24.8 Å². The topological polar surface area (TPSA) is 113 Å². The van der Waals surface area contributed by atoms with Gasteiger partial charge < -0.3 is 24.6 Å². The van der Waals surface area contributed by atoms with E-state index in [9.17, 15) is 18.3 Å². The van der Waals surface area contributed by atoms with Gasteiger partial charge in [-0.15, -0.1) is 4.40 Å². The number of aromatic nitrogens is 1. The number of likely N-dealkylation sites (N-methyl/N-ethyl adjacent to an activating group) is 1. The van der Waals surface area contributed by atoms with Crippen molar-refractivity contribution in [3.05, 3.63) is 58.4 Å². The SMILES string of the molecule is CN(C)CCOc1ccc2c(c1)c(O)c(C1=NS(=O)(=O)c3ccccc3N1)c(=O)n2CCC1CC1. The number of nitrogens with zero attached hydrogens (tertiary/aromatic N) is 3. The van der Waals surface area contributed by atoms with Gasteiger partial charge in [0.2, 0.25) is 0 Å². The van der Waals surface area contributed by atoms with Gasteiger partial charge in [0.1, 0.15) is 28.6 Å². The number of aryl methyl sites for hydroxylation is 1. The minimum Gasteiger partial charge on any atom is -0.506 e. The Hall–Kier alpha value is -3.37. The molecule has 1 aliphatic heterocycles. The van der Waals surface area contributed by atoms with Crippen LogP contribution in [0.3, 0.4) is 0 Å². The minimum absolute atomic E-state index is 0.0228. The lowest BCUT2D eigenvalue weighted by Crippen LogP contribution is -2.32. The summed E-state index contributed by atoms with van der Waals surface area (Å²) in [4.78, 5) is 15.7. The van der Waals surface area contributed by atoms with Crippen molar-refractivity contribution >= 4 is 32.4 Å². The summed E-state index contributed by atoms with van der Waals surface area (Å²) in [6, 6.07) is 11.6. The standard InChI is InChI=1S/C25H28N4O5S/c1-28(2)13-14-34-17-9-10-20-18(15-17)23(30)22(25(31)29(20)12-11-16-7-8-16)24-26-19-5-3-4-6-21(19)35(32,33)27-24/h3-6,9-10,15-16,30H,7-8,11-14H2,1-2H3,(H,26,27). The Balaban J connectivity index is 1.65. The quantitative estimate of drug-likeness (QED) is 0.493. The number of hydrogen-bond acceptors (Lipinski definition) is 7. The van der Waals surface area contributed by atoms with Crippen LogP contribution in [0.5, 0.6) is 11.5 Å². The molecule has 2 heterocycles. The summed E-state index contributed by atoms with van der Waals surface area (Å²) in [5.41, 5.74) is 0.216. The van der Waals surface area contributed by atoms with Crippen molar-refractivity contribution in [1.29, 1.82) is 0 Å². The smallest absolute Gasteiger partial charge is 0.286 e. The van der Waals surface area contributed by atoms with Crippen LogP contribution in [0.15, 0.2) is 56.6 Å². The lowest BCUT2D eigenvalue weighted by Gasteiger charge is -2.21. The first-order valence-corrected chi connectivity index (χ1v) is 13.1. The molecule has 2 aliphatic rings. The molecule has 0 radical (unpaired) electrons. The highest BCUT2D eigenvalue weighted by Crippen LogP contribution is 2.36. The average molecular weight is 497 g/mol. The van der Waals surface area contributed by atoms with E-state index in [2.05, 4.69) is 9.71 Å². The van der Waals surface area contributed by atoms with E-state index < -0.39 is 15.6 Å². The van der Waals surface area contributed by atoms with Gasteiger partial charge >= 0.3 is 0 Å². The maximum atomic E-state index is 13.6. The van der Waals surface area contributed by atoms with Gasteiger partial charge in [0.25, 0.3) is 15.6 Å². The summed E-state index contributed by atoms with van der Waals surface area (Å²) in [6.45, 7) is 1.63. The highest BCUT2D eigenvalue weighted by molar-refractivity contribution is 7.90. The van der Waals surface area contributed by atoms with Crippen LogP contribution in [-0.2, 0) is 16.6 Å². The van der Waals surface area contributed by atoms with Gasteiger partial charge in [-0.2, -0.15) is 8.42 Å². The predicted octanol–water partition coefficient (Wildman–Crippen LogP) is 3.01. The molecule has 0 amide bonds. The van der Waals surface area contributed by atoms with Crippen LogP contribution < -0.4 is 15.6 Å². The summed E-state index contributed by atoms with van der Waals surface area (Å²) < 4.78 is 37.0. The van der Waals surface area contributed by atoms with Gasteiger partial charge in [0.05, 0.1) is 11.2 Å². The molecule has 184 valence electrons. The van der Waals surface area contributed by atoms with Gasteiger partial charge in [0, 0.05) is 18.5 Å². The summed E-state index contributed by atoms with van der Waals surface area (Å²) in [7, 11) is -0.148. The van der Waals surface area contributed by atoms with Gasteiger partial charge in [-0.3, -0.25) is 4.79 Å². The lowest BCUT2D eigenvalue weighted by atomic mass is 10.1. The highest BCUT2D eigenvalue weighted by Gasteiger charge is 2.30. The van der Waals surface area contributed by atoms with Crippen LogP contribution in [0.25, 0.3) is 10.9 Å². The number of benzene rings is 2. The van der Waals surface area contributed by atoms with Crippen LogP contribution >= 0.6 is 0 Å². The number of hydrogen-bond donors (Lipinski definition) is 2. The first-order valence-electron chi connectivity index (χ1n) is 11.6. The van der Waals surface area contributed by atoms with Crippen LogP contribution in [0.4, 0.5) is 5.69 Å². The van der Waals surface area contributed by atoms with E-state index in [0.29, 0.717) is 48.0 Å². The van der Waals surface area contributed by atoms with Crippen LogP contribution in [0, 0.1) is 5.92 Å². The molecule has 1 aliphatic carbocycles. The Morgan fingerprint density at radius 3 is 2.71 bits per heavy atom. The lowest BCUT2D eigenvalue weighted by molar-refractivity contribution is 0.261. The fraction of sp³-hybridized carbons (Fsp3) is 0.360. The molecule has 0 unspecified atom stereocenters. The number of amidine groups is 1. The summed E-state index contributed by atoms with van der Waals surface area (Å²) in [5.74, 6) is 0.614. The molecular weight excluding hydrogens is 468 g/mol. The summed E-state index contributed by atoms with van der Waals surface area (Å²) in [5, 5.41) is 14.6. The Kier molecular flexibility index (Phi) is 6.02. The Labute approximate surface area is 203 Å². The molecule has 1 fully saturated rings. The number of sulfonamides is 1. The molecule has 1 saturated carbocycles. The van der Waals surface area contributed by atoms with Crippen molar-refractivity contribution in [2.75, 3.05) is 32.6 Å². The van der Waals surface area contributed by atoms with Gasteiger partial charge in [-0.1, -0.05) is 25.0 Å². The van der Waals surface area contributed by atoms with E-state index in [1.807, 2.05) is 19.0 Å². The summed E-state index contributed by atoms with van der Waals surface area (Å²) in [6.07, 6.45) is 3.12. The number of fused-ring (bicyclic) bond motifs is 2. The van der Waals surface area contributed by atoms with E-state index in [0.717, 1.165) is 19.3 Å². The maximum absolute atomic E-state index is 13.6. The second kappa shape index (κ2) is 9.01. The van der Waals surface area contributed by atoms with E-state index in [1.165, 1.54) is 6.07 Å². The first-order chi connectivity index (χ1) is 16.7. The molecule has 2 N–H and O–H groups in total. The molecule has 1 aromatic heterocycles. The third-order valence-electron chi connectivity index (χ3n) is 6.34. The predicted molar refractivity (Wildman–Crippen MR) is 135 cm³/mol. The fourth-order valence-corrected chi connectivity index (χ4v) is 5.36. The zero-order chi connectivity index (χ0) is 24.7. The maximum Gasteiger partial charge on any atom is 0.286 e. The van der Waals surface area contributed by atoms with Crippen molar-refractivity contribution in [3.63, 3.8) is 0 Å². The third-order valence-corrected chi connectivity index (χ3v) is 7.68. The molecule has 5 rings (SSSR count). The molecule has 0 saturated heterocycles. The van der Waals surface area contributed by atoms with Crippen molar-refractivity contribution < 1.29 is 18.3 Å². The molecule has 3 aromatic rings. The molecule has 9 nitrogen and oxygen atoms in total. The molecule has 0 atom stereocenters. The minimum atomic E-state index is -4.05. The number of aromatic hydroxyl groups is 1.